The van der Waals surface area contributed by atoms with Gasteiger partial charge >= 0.3 is 0 Å². The Labute approximate surface area is 121 Å². The Bertz CT molecular complexity index is 667. The number of sulfonamides is 1. The minimum absolute atomic E-state index is 0.126. The molecule has 0 fully saturated rings. The molecule has 0 aliphatic rings. The van der Waals surface area contributed by atoms with Crippen LogP contribution in [0.25, 0.3) is 0 Å². The van der Waals surface area contributed by atoms with Gasteiger partial charge in [0.2, 0.25) is 10.0 Å². The van der Waals surface area contributed by atoms with Crippen molar-refractivity contribution in [1.29, 1.82) is 5.26 Å². The van der Waals surface area contributed by atoms with Gasteiger partial charge in [0.15, 0.2) is 0 Å². The number of rotatable bonds is 5. The molecular weight excluding hydrogens is 306 g/mol. The van der Waals surface area contributed by atoms with Gasteiger partial charge in [-0.1, -0.05) is 11.6 Å². The molecule has 0 atom stereocenters. The SMILES string of the molecule is CC(C)N(CC#N)S(=O)(=O)c1cc([N+](=O)[O-])ccc1Cl. The second kappa shape index (κ2) is 6.17. The van der Waals surface area contributed by atoms with Gasteiger partial charge in [0, 0.05) is 18.2 Å². The third kappa shape index (κ3) is 3.25. The van der Waals surface area contributed by atoms with Crippen LogP contribution in [0, 0.1) is 21.4 Å². The number of hydrogen-bond donors (Lipinski definition) is 0. The van der Waals surface area contributed by atoms with Crippen molar-refractivity contribution in [3.8, 4) is 6.07 Å². The molecule has 0 heterocycles. The van der Waals surface area contributed by atoms with Crippen molar-refractivity contribution in [3.05, 3.63) is 33.3 Å². The second-order valence-corrected chi connectivity index (χ2v) is 6.44. The zero-order valence-electron chi connectivity index (χ0n) is 10.8. The van der Waals surface area contributed by atoms with E-state index in [1.165, 1.54) is 0 Å². The summed E-state index contributed by atoms with van der Waals surface area (Å²) in [6, 6.07) is 4.43. The van der Waals surface area contributed by atoms with E-state index in [-0.39, 0.29) is 22.2 Å². The number of nitriles is 1. The van der Waals surface area contributed by atoms with Crippen LogP contribution in [0.2, 0.25) is 5.02 Å². The Balaban J connectivity index is 3.45. The number of hydrogen-bond acceptors (Lipinski definition) is 5. The molecule has 0 bridgehead atoms. The highest BCUT2D eigenvalue weighted by atomic mass is 35.5. The van der Waals surface area contributed by atoms with Crippen LogP contribution in [0.1, 0.15) is 13.8 Å². The normalized spacial score (nSPS) is 11.6. The van der Waals surface area contributed by atoms with Crippen LogP contribution in [0.15, 0.2) is 23.1 Å². The first-order valence-corrected chi connectivity index (χ1v) is 7.36. The third-order valence-electron chi connectivity index (χ3n) is 2.51. The Morgan fingerprint density at radius 2 is 2.10 bits per heavy atom. The van der Waals surface area contributed by atoms with Gasteiger partial charge in [0.1, 0.15) is 11.4 Å². The van der Waals surface area contributed by atoms with Crippen LogP contribution < -0.4 is 0 Å². The van der Waals surface area contributed by atoms with E-state index in [9.17, 15) is 18.5 Å². The van der Waals surface area contributed by atoms with Crippen LogP contribution in [-0.2, 0) is 10.0 Å². The van der Waals surface area contributed by atoms with Crippen LogP contribution in [0.5, 0.6) is 0 Å². The molecule has 0 saturated heterocycles. The number of non-ortho nitro benzene ring substituents is 1. The van der Waals surface area contributed by atoms with Crippen LogP contribution >= 0.6 is 11.6 Å². The number of nitrogens with zero attached hydrogens (tertiary/aromatic N) is 3. The zero-order chi connectivity index (χ0) is 15.5. The standard InChI is InChI=1S/C11H12ClN3O4S/c1-8(2)14(6-5-13)20(18,19)11-7-9(15(16)17)3-4-10(11)12/h3-4,7-8H,6H2,1-2H3. The van der Waals surface area contributed by atoms with Crippen molar-refractivity contribution >= 4 is 27.3 Å². The van der Waals surface area contributed by atoms with E-state index < -0.39 is 21.0 Å². The van der Waals surface area contributed by atoms with Crippen molar-refractivity contribution in [2.24, 2.45) is 0 Å². The molecule has 0 aliphatic carbocycles. The maximum absolute atomic E-state index is 12.4. The molecule has 1 aromatic carbocycles. The summed E-state index contributed by atoms with van der Waals surface area (Å²) in [5, 5.41) is 19.3. The fourth-order valence-corrected chi connectivity index (χ4v) is 3.57. The van der Waals surface area contributed by atoms with Crippen LogP contribution in [-0.4, -0.2) is 30.2 Å². The first kappa shape index (κ1) is 16.4. The molecule has 0 amide bonds. The fourth-order valence-electron chi connectivity index (χ4n) is 1.54. The maximum atomic E-state index is 12.4. The van der Waals surface area contributed by atoms with E-state index in [1.807, 2.05) is 0 Å². The highest BCUT2D eigenvalue weighted by Gasteiger charge is 2.30. The Morgan fingerprint density at radius 3 is 2.55 bits per heavy atom. The van der Waals surface area contributed by atoms with E-state index >= 15 is 0 Å². The van der Waals surface area contributed by atoms with Gasteiger partial charge in [-0.15, -0.1) is 0 Å². The molecule has 1 aromatic rings. The number of nitro groups is 1. The minimum Gasteiger partial charge on any atom is -0.258 e. The second-order valence-electron chi connectivity index (χ2n) is 4.17. The summed E-state index contributed by atoms with van der Waals surface area (Å²) in [6.45, 7) is 2.83. The molecular formula is C11H12ClN3O4S. The van der Waals surface area contributed by atoms with E-state index in [4.69, 9.17) is 16.9 Å². The summed E-state index contributed by atoms with van der Waals surface area (Å²) in [5.74, 6) is 0. The molecule has 1 rings (SSSR count). The van der Waals surface area contributed by atoms with Crippen LogP contribution in [0.3, 0.4) is 0 Å². The van der Waals surface area contributed by atoms with Crippen molar-refractivity contribution in [2.75, 3.05) is 6.54 Å². The fraction of sp³-hybridized carbons (Fsp3) is 0.364. The number of nitro benzene ring substituents is 1. The lowest BCUT2D eigenvalue weighted by Crippen LogP contribution is -2.37. The molecule has 0 N–H and O–H groups in total. The predicted molar refractivity (Wildman–Crippen MR) is 72.7 cm³/mol. The van der Waals surface area contributed by atoms with E-state index in [2.05, 4.69) is 0 Å². The summed E-state index contributed by atoms with van der Waals surface area (Å²) in [5.41, 5.74) is -0.381. The molecule has 0 spiro atoms. The zero-order valence-corrected chi connectivity index (χ0v) is 12.3. The molecule has 9 heteroatoms. The van der Waals surface area contributed by atoms with Crippen molar-refractivity contribution < 1.29 is 13.3 Å². The first-order chi connectivity index (χ1) is 9.21. The number of benzene rings is 1. The summed E-state index contributed by atoms with van der Waals surface area (Å²) in [6.07, 6.45) is 0. The molecule has 7 nitrogen and oxygen atoms in total. The first-order valence-electron chi connectivity index (χ1n) is 5.54. The highest BCUT2D eigenvalue weighted by Crippen LogP contribution is 2.29. The Hall–Kier alpha value is -1.69. The topological polar surface area (TPSA) is 104 Å². The lowest BCUT2D eigenvalue weighted by atomic mass is 10.3. The van der Waals surface area contributed by atoms with E-state index in [1.54, 1.807) is 19.9 Å². The van der Waals surface area contributed by atoms with Gasteiger partial charge in [-0.3, -0.25) is 10.1 Å². The average molecular weight is 318 g/mol. The average Bonchev–Trinajstić information content (AvgIpc) is 2.35. The van der Waals surface area contributed by atoms with Crippen molar-refractivity contribution in [2.45, 2.75) is 24.8 Å². The summed E-state index contributed by atoms with van der Waals surface area (Å²) in [4.78, 5) is 9.64. The quantitative estimate of drug-likeness (QED) is 0.470. The van der Waals surface area contributed by atoms with Crippen LogP contribution in [0.4, 0.5) is 5.69 Å². The van der Waals surface area contributed by atoms with Crippen molar-refractivity contribution in [1.82, 2.24) is 4.31 Å². The molecule has 0 radical (unpaired) electrons. The molecule has 20 heavy (non-hydrogen) atoms. The van der Waals surface area contributed by atoms with Gasteiger partial charge < -0.3 is 0 Å². The lowest BCUT2D eigenvalue weighted by molar-refractivity contribution is -0.385. The predicted octanol–water partition coefficient (Wildman–Crippen LogP) is 2.17. The minimum atomic E-state index is -4.07. The van der Waals surface area contributed by atoms with Gasteiger partial charge in [-0.2, -0.15) is 9.57 Å². The highest BCUT2D eigenvalue weighted by molar-refractivity contribution is 7.89. The smallest absolute Gasteiger partial charge is 0.258 e. The number of halogens is 1. The molecule has 0 unspecified atom stereocenters. The van der Waals surface area contributed by atoms with Gasteiger partial charge in [0.25, 0.3) is 5.69 Å². The Kier molecular flexibility index (Phi) is 5.05. The lowest BCUT2D eigenvalue weighted by Gasteiger charge is -2.23. The molecule has 0 aliphatic heterocycles. The maximum Gasteiger partial charge on any atom is 0.270 e. The van der Waals surface area contributed by atoms with Crippen molar-refractivity contribution in [3.63, 3.8) is 0 Å². The van der Waals surface area contributed by atoms with Gasteiger partial charge in [-0.05, 0) is 19.9 Å². The van der Waals surface area contributed by atoms with E-state index in [0.717, 1.165) is 22.5 Å². The molecule has 0 aromatic heterocycles. The summed E-state index contributed by atoms with van der Waals surface area (Å²) in [7, 11) is -4.07. The van der Waals surface area contributed by atoms with E-state index in [0.29, 0.717) is 0 Å². The summed E-state index contributed by atoms with van der Waals surface area (Å²) < 4.78 is 25.8. The monoisotopic (exact) mass is 317 g/mol. The molecule has 0 saturated carbocycles. The molecule has 108 valence electrons. The third-order valence-corrected chi connectivity index (χ3v) is 5.02. The largest absolute Gasteiger partial charge is 0.270 e. The van der Waals surface area contributed by atoms with Gasteiger partial charge in [0.05, 0.1) is 16.0 Å². The summed E-state index contributed by atoms with van der Waals surface area (Å²) >= 11 is 5.82. The van der Waals surface area contributed by atoms with Gasteiger partial charge in [-0.25, -0.2) is 8.42 Å². The Morgan fingerprint density at radius 1 is 1.50 bits per heavy atom.